The number of rotatable bonds is 14. The summed E-state index contributed by atoms with van der Waals surface area (Å²) in [5.41, 5.74) is 1.77. The molecule has 0 saturated carbocycles. The number of ether oxygens (including phenoxy) is 2. The van der Waals surface area contributed by atoms with Crippen LogP contribution in [0, 0.1) is 5.92 Å². The van der Waals surface area contributed by atoms with E-state index < -0.39 is 0 Å². The summed E-state index contributed by atoms with van der Waals surface area (Å²) in [6.07, 6.45) is 10.3. The quantitative estimate of drug-likeness (QED) is 0.263. The molecule has 1 aromatic heterocycles. The van der Waals surface area contributed by atoms with Crippen molar-refractivity contribution in [2.75, 3.05) is 13.2 Å². The molecule has 5 nitrogen and oxygen atoms in total. The first-order valence-corrected chi connectivity index (χ1v) is 11.4. The molecule has 0 amide bonds. The first-order chi connectivity index (χ1) is 14.7. The second-order valence-corrected chi connectivity index (χ2v) is 7.84. The summed E-state index contributed by atoms with van der Waals surface area (Å²) >= 11 is 0. The molecule has 0 aliphatic carbocycles. The second kappa shape index (κ2) is 13.7. The molecule has 0 radical (unpaired) electrons. The van der Waals surface area contributed by atoms with Crippen molar-refractivity contribution >= 4 is 5.97 Å². The molecule has 0 bridgehead atoms. The molecule has 5 heteroatoms. The average Bonchev–Trinajstić information content (AvgIpc) is 2.79. The number of carbonyl (C=O) groups excluding carboxylic acids is 1. The third-order valence-corrected chi connectivity index (χ3v) is 5.28. The number of benzene rings is 1. The predicted molar refractivity (Wildman–Crippen MR) is 121 cm³/mol. The maximum atomic E-state index is 12.6. The molecule has 2 aromatic rings. The molecule has 30 heavy (non-hydrogen) atoms. The molecule has 0 saturated heterocycles. The van der Waals surface area contributed by atoms with Crippen molar-refractivity contribution in [1.82, 2.24) is 9.97 Å². The maximum absolute atomic E-state index is 12.6. The first-order valence-electron chi connectivity index (χ1n) is 11.4. The minimum Gasteiger partial charge on any atom is -0.463 e. The number of unbranched alkanes of at least 4 members (excludes halogenated alkanes) is 4. The monoisotopic (exact) mass is 412 g/mol. The number of aromatic nitrogens is 2. The first kappa shape index (κ1) is 23.8. The van der Waals surface area contributed by atoms with Gasteiger partial charge in [0.15, 0.2) is 0 Å². The topological polar surface area (TPSA) is 61.3 Å². The van der Waals surface area contributed by atoms with Crippen molar-refractivity contribution < 1.29 is 14.3 Å². The van der Waals surface area contributed by atoms with E-state index in [0.29, 0.717) is 30.5 Å². The number of hydrogen-bond acceptors (Lipinski definition) is 5. The van der Waals surface area contributed by atoms with Gasteiger partial charge >= 0.3 is 12.0 Å². The van der Waals surface area contributed by atoms with Gasteiger partial charge in [-0.2, -0.15) is 4.98 Å². The number of esters is 1. The van der Waals surface area contributed by atoms with Gasteiger partial charge in [-0.3, -0.25) is 0 Å². The third kappa shape index (κ3) is 8.13. The summed E-state index contributed by atoms with van der Waals surface area (Å²) in [7, 11) is 0. The summed E-state index contributed by atoms with van der Waals surface area (Å²) in [6, 6.07) is 9.93. The van der Waals surface area contributed by atoms with E-state index in [9.17, 15) is 4.79 Å². The molecule has 1 atom stereocenters. The van der Waals surface area contributed by atoms with Crippen LogP contribution in [0.4, 0.5) is 0 Å². The molecule has 164 valence electrons. The van der Waals surface area contributed by atoms with Gasteiger partial charge < -0.3 is 9.47 Å². The van der Waals surface area contributed by atoms with Crippen LogP contribution < -0.4 is 4.74 Å². The average molecular weight is 413 g/mol. The van der Waals surface area contributed by atoms with Gasteiger partial charge in [0.05, 0.1) is 18.9 Å². The lowest BCUT2D eigenvalue weighted by atomic mass is 10.0. The molecule has 0 spiro atoms. The van der Waals surface area contributed by atoms with E-state index in [-0.39, 0.29) is 5.97 Å². The van der Waals surface area contributed by atoms with Crippen molar-refractivity contribution in [1.29, 1.82) is 0 Å². The lowest BCUT2D eigenvalue weighted by Crippen LogP contribution is -2.11. The molecule has 1 aromatic carbocycles. The highest BCUT2D eigenvalue weighted by atomic mass is 16.5. The van der Waals surface area contributed by atoms with Crippen LogP contribution in [0.2, 0.25) is 0 Å². The Bertz CT molecular complexity index is 749. The van der Waals surface area contributed by atoms with Crippen LogP contribution in [0.1, 0.15) is 82.5 Å². The van der Waals surface area contributed by atoms with Crippen LogP contribution in [0.25, 0.3) is 11.3 Å². The summed E-state index contributed by atoms with van der Waals surface area (Å²) < 4.78 is 11.2. The van der Waals surface area contributed by atoms with Gasteiger partial charge in [-0.05, 0) is 18.8 Å². The normalized spacial score (nSPS) is 11.8. The summed E-state index contributed by atoms with van der Waals surface area (Å²) in [6.45, 7) is 7.64. The molecule has 0 N–H and O–H groups in total. The smallest absolute Gasteiger partial charge is 0.341 e. The van der Waals surface area contributed by atoms with Gasteiger partial charge in [0.1, 0.15) is 5.56 Å². The Morgan fingerprint density at radius 3 is 2.50 bits per heavy atom. The summed E-state index contributed by atoms with van der Waals surface area (Å²) in [5.74, 6) is 0.401. The molecule has 0 aliphatic heterocycles. The molecule has 2 rings (SSSR count). The molecule has 1 heterocycles. The fourth-order valence-corrected chi connectivity index (χ4v) is 3.13. The van der Waals surface area contributed by atoms with E-state index in [0.717, 1.165) is 43.6 Å². The van der Waals surface area contributed by atoms with Crippen LogP contribution in [0.5, 0.6) is 6.01 Å². The van der Waals surface area contributed by atoms with Gasteiger partial charge in [0, 0.05) is 11.8 Å². The Balaban J connectivity index is 1.99. The van der Waals surface area contributed by atoms with Gasteiger partial charge in [-0.15, -0.1) is 0 Å². The number of nitrogens with zero attached hydrogens (tertiary/aromatic N) is 2. The minimum absolute atomic E-state index is 0.304. The molecule has 0 aliphatic rings. The van der Waals surface area contributed by atoms with E-state index in [1.54, 1.807) is 0 Å². The molecular formula is C25H36N2O3. The fraction of sp³-hybridized carbons (Fsp3) is 0.560. The highest BCUT2D eigenvalue weighted by Crippen LogP contribution is 2.24. The Hall–Kier alpha value is -2.43. The number of carbonyl (C=O) groups is 1. The number of hydrogen-bond donors (Lipinski definition) is 0. The standard InChI is InChI=1S/C25H36N2O3/c1-4-6-12-17-29-24(28)22-19-26-25(27-23(22)21-15-10-7-11-16-21)30-18-13-8-9-14-20(3)5-2/h7,10-11,15-16,19-20H,4-6,8-9,12-14,17-18H2,1-3H3. The van der Waals surface area contributed by atoms with E-state index in [4.69, 9.17) is 9.47 Å². The Kier molecular flexibility index (Phi) is 10.9. The molecule has 0 fully saturated rings. The van der Waals surface area contributed by atoms with Crippen LogP contribution in [-0.4, -0.2) is 29.2 Å². The summed E-state index contributed by atoms with van der Waals surface area (Å²) in [5, 5.41) is 0. The highest BCUT2D eigenvalue weighted by Gasteiger charge is 2.18. The lowest BCUT2D eigenvalue weighted by molar-refractivity contribution is 0.0498. The SMILES string of the molecule is CCCCCOC(=O)c1cnc(OCCCCCC(C)CC)nc1-c1ccccc1. The van der Waals surface area contributed by atoms with Crippen molar-refractivity contribution in [3.63, 3.8) is 0 Å². The van der Waals surface area contributed by atoms with Gasteiger partial charge in [-0.1, -0.05) is 89.6 Å². The van der Waals surface area contributed by atoms with Crippen molar-refractivity contribution in [2.45, 2.75) is 72.1 Å². The van der Waals surface area contributed by atoms with Crippen molar-refractivity contribution in [2.24, 2.45) is 5.92 Å². The van der Waals surface area contributed by atoms with Crippen LogP contribution >= 0.6 is 0 Å². The maximum Gasteiger partial charge on any atom is 0.341 e. The van der Waals surface area contributed by atoms with Gasteiger partial charge in [0.25, 0.3) is 0 Å². The Labute approximate surface area is 181 Å². The molecular weight excluding hydrogens is 376 g/mol. The Morgan fingerprint density at radius 2 is 1.77 bits per heavy atom. The zero-order valence-corrected chi connectivity index (χ0v) is 18.7. The highest BCUT2D eigenvalue weighted by molar-refractivity contribution is 5.95. The van der Waals surface area contributed by atoms with Gasteiger partial charge in [-0.25, -0.2) is 9.78 Å². The van der Waals surface area contributed by atoms with Crippen LogP contribution in [0.3, 0.4) is 0 Å². The van der Waals surface area contributed by atoms with E-state index in [2.05, 4.69) is 30.7 Å². The Morgan fingerprint density at radius 1 is 1.00 bits per heavy atom. The zero-order chi connectivity index (χ0) is 21.6. The van der Waals surface area contributed by atoms with Crippen molar-refractivity contribution in [3.8, 4) is 17.3 Å². The van der Waals surface area contributed by atoms with Crippen LogP contribution in [-0.2, 0) is 4.74 Å². The third-order valence-electron chi connectivity index (χ3n) is 5.28. The largest absolute Gasteiger partial charge is 0.463 e. The van der Waals surface area contributed by atoms with E-state index >= 15 is 0 Å². The second-order valence-electron chi connectivity index (χ2n) is 7.84. The van der Waals surface area contributed by atoms with Crippen LogP contribution in [0.15, 0.2) is 36.5 Å². The summed E-state index contributed by atoms with van der Waals surface area (Å²) in [4.78, 5) is 21.4. The van der Waals surface area contributed by atoms with E-state index in [1.165, 1.54) is 25.5 Å². The van der Waals surface area contributed by atoms with E-state index in [1.807, 2.05) is 30.3 Å². The fourth-order valence-electron chi connectivity index (χ4n) is 3.13. The zero-order valence-electron chi connectivity index (χ0n) is 18.7. The van der Waals surface area contributed by atoms with Crippen molar-refractivity contribution in [3.05, 3.63) is 42.1 Å². The van der Waals surface area contributed by atoms with Gasteiger partial charge in [0.2, 0.25) is 0 Å². The lowest BCUT2D eigenvalue weighted by Gasteiger charge is -2.11. The predicted octanol–water partition coefficient (Wildman–Crippen LogP) is 6.48. The minimum atomic E-state index is -0.387. The molecule has 1 unspecified atom stereocenters.